The first-order valence-electron chi connectivity index (χ1n) is 16.0. The normalized spacial score (nSPS) is 14.9. The Balaban J connectivity index is 1.05. The summed E-state index contributed by atoms with van der Waals surface area (Å²) in [5.74, 6) is 0.489. The lowest BCUT2D eigenvalue weighted by atomic mass is 10.2. The Morgan fingerprint density at radius 3 is 2.46 bits per heavy atom. The summed E-state index contributed by atoms with van der Waals surface area (Å²) in [7, 11) is 0. The van der Waals surface area contributed by atoms with Crippen molar-refractivity contribution in [3.63, 3.8) is 0 Å². The minimum atomic E-state index is -0.614. The molecule has 0 radical (unpaired) electrons. The number of hydrogen-bond donors (Lipinski definition) is 4. The molecule has 46 heavy (non-hydrogen) atoms. The maximum absolute atomic E-state index is 12.3. The highest BCUT2D eigenvalue weighted by Crippen LogP contribution is 2.29. The van der Waals surface area contributed by atoms with E-state index in [-0.39, 0.29) is 56.0 Å². The lowest BCUT2D eigenvalue weighted by Gasteiger charge is -2.13. The smallest absolute Gasteiger partial charge is 0.242 e. The zero-order valence-electron chi connectivity index (χ0n) is 26.5. The van der Waals surface area contributed by atoms with Gasteiger partial charge in [0.25, 0.3) is 0 Å². The van der Waals surface area contributed by atoms with Crippen LogP contribution in [0.15, 0.2) is 24.3 Å². The van der Waals surface area contributed by atoms with Gasteiger partial charge in [0, 0.05) is 57.2 Å². The lowest BCUT2D eigenvalue weighted by Crippen LogP contribution is -2.36. The fraction of sp³-hybridized carbons (Fsp3) is 0.562. The number of amides is 4. The number of imidazole rings is 1. The molecule has 1 fully saturated rings. The van der Waals surface area contributed by atoms with Crippen LogP contribution in [0.25, 0.3) is 21.9 Å². The molecule has 0 aliphatic carbocycles. The Hall–Kier alpha value is -3.75. The number of fused-ring (bicyclic) bond motifs is 3. The summed E-state index contributed by atoms with van der Waals surface area (Å²) >= 11 is 4.06. The number of rotatable bonds is 20. The summed E-state index contributed by atoms with van der Waals surface area (Å²) in [5.41, 5.74) is 8.93. The predicted molar refractivity (Wildman–Crippen MR) is 178 cm³/mol. The van der Waals surface area contributed by atoms with Crippen LogP contribution in [0.5, 0.6) is 0 Å². The third-order valence-corrected chi connectivity index (χ3v) is 8.17. The molecule has 4 rings (SSSR count). The van der Waals surface area contributed by atoms with Crippen LogP contribution in [-0.2, 0) is 41.6 Å². The molecule has 2 aromatic heterocycles. The van der Waals surface area contributed by atoms with E-state index >= 15 is 0 Å². The van der Waals surface area contributed by atoms with Crippen LogP contribution in [-0.4, -0.2) is 94.4 Å². The minimum Gasteiger partial charge on any atom is -0.382 e. The molecule has 0 bridgehead atoms. The first-order chi connectivity index (χ1) is 22.3. The molecule has 250 valence electrons. The molecule has 1 saturated heterocycles. The van der Waals surface area contributed by atoms with Crippen molar-refractivity contribution in [3.8, 4) is 0 Å². The van der Waals surface area contributed by atoms with Crippen molar-refractivity contribution in [3.05, 3.63) is 30.1 Å². The Morgan fingerprint density at radius 2 is 1.70 bits per heavy atom. The maximum atomic E-state index is 12.3. The number of para-hydroxylation sites is 1. The zero-order valence-corrected chi connectivity index (χ0v) is 27.4. The van der Waals surface area contributed by atoms with Gasteiger partial charge in [0.2, 0.25) is 23.6 Å². The van der Waals surface area contributed by atoms with Gasteiger partial charge in [-0.25, -0.2) is 9.97 Å². The molecule has 4 N–H and O–H groups in total. The Labute approximate surface area is 274 Å². The van der Waals surface area contributed by atoms with Crippen molar-refractivity contribution in [2.45, 2.75) is 70.1 Å². The van der Waals surface area contributed by atoms with E-state index in [4.69, 9.17) is 20.2 Å². The summed E-state index contributed by atoms with van der Waals surface area (Å²) in [6.45, 7) is 5.13. The number of hydrogen-bond acceptors (Lipinski definition) is 10. The average molecular weight is 656 g/mol. The molecule has 3 aromatic rings. The molecule has 1 aromatic carbocycles. The third kappa shape index (κ3) is 9.63. The number of anilines is 1. The van der Waals surface area contributed by atoms with Crippen LogP contribution >= 0.6 is 12.6 Å². The zero-order chi connectivity index (χ0) is 32.9. The number of carbonyl (C=O) groups is 4. The van der Waals surface area contributed by atoms with Crippen LogP contribution in [0.1, 0.15) is 57.7 Å². The largest absolute Gasteiger partial charge is 0.382 e. The molecule has 14 heteroatoms. The van der Waals surface area contributed by atoms with E-state index in [2.05, 4.69) is 45.8 Å². The van der Waals surface area contributed by atoms with Crippen LogP contribution in [0, 0.1) is 0 Å². The van der Waals surface area contributed by atoms with Crippen LogP contribution in [0.2, 0.25) is 0 Å². The van der Waals surface area contributed by atoms with Crippen LogP contribution in [0.3, 0.4) is 0 Å². The molecular weight excluding hydrogens is 610 g/mol. The number of aryl methyl sites for hydroxylation is 2. The number of likely N-dealkylation sites (tertiary alicyclic amines) is 1. The van der Waals surface area contributed by atoms with Gasteiger partial charge in [-0.15, -0.1) is 0 Å². The number of nitrogen functional groups attached to an aromatic ring is 1. The van der Waals surface area contributed by atoms with E-state index in [0.29, 0.717) is 38.7 Å². The summed E-state index contributed by atoms with van der Waals surface area (Å²) in [6.07, 6.45) is 5.08. The molecule has 1 atom stereocenters. The number of unbranched alkanes of at least 4 members (excludes halogenated alkanes) is 2. The number of ether oxygens (including phenoxy) is 2. The molecule has 0 saturated carbocycles. The first-order valence-corrected chi connectivity index (χ1v) is 16.6. The second-order valence-corrected chi connectivity index (χ2v) is 11.9. The number of nitrogens with one attached hydrogen (secondary N) is 2. The average Bonchev–Trinajstić information content (AvgIpc) is 3.53. The highest BCUT2D eigenvalue weighted by molar-refractivity contribution is 7.81. The summed E-state index contributed by atoms with van der Waals surface area (Å²) in [6, 6.07) is 8.00. The van der Waals surface area contributed by atoms with Gasteiger partial charge in [-0.1, -0.05) is 31.5 Å². The standard InChI is InChI=1S/C32H45N7O6S/c1-2-3-10-25-37-29-30(22-8-4-5-9-23(22)36-31(29)33)38(25)15-7-6-13-34-27(41)12-17-44-19-20-45-18-14-35-26(40)11-16-39-28(42)21-24(46)32(39)43/h4-5,8-9,24,46H,2-3,6-7,10-21H2,1H3,(H2,33,36)(H,34,41)(H,35,40). The lowest BCUT2D eigenvalue weighted by molar-refractivity contribution is -0.138. The van der Waals surface area contributed by atoms with Crippen molar-refractivity contribution in [1.29, 1.82) is 0 Å². The summed E-state index contributed by atoms with van der Waals surface area (Å²) in [5, 5.41) is 6.08. The van der Waals surface area contributed by atoms with Gasteiger partial charge in [-0.05, 0) is 25.3 Å². The van der Waals surface area contributed by atoms with E-state index in [9.17, 15) is 19.2 Å². The Morgan fingerprint density at radius 1 is 0.957 bits per heavy atom. The number of nitrogens with two attached hydrogens (primary N) is 1. The molecule has 13 nitrogen and oxygen atoms in total. The van der Waals surface area contributed by atoms with Gasteiger partial charge in [0.05, 0.1) is 42.7 Å². The summed E-state index contributed by atoms with van der Waals surface area (Å²) in [4.78, 5) is 58.2. The van der Waals surface area contributed by atoms with E-state index in [1.807, 2.05) is 18.2 Å². The second-order valence-electron chi connectivity index (χ2n) is 11.2. The predicted octanol–water partition coefficient (Wildman–Crippen LogP) is 2.39. The van der Waals surface area contributed by atoms with Crippen molar-refractivity contribution in [2.75, 3.05) is 51.8 Å². The number of carbonyl (C=O) groups excluding carboxylic acids is 4. The van der Waals surface area contributed by atoms with Crippen LogP contribution in [0.4, 0.5) is 5.82 Å². The number of nitrogens with zero attached hydrogens (tertiary/aromatic N) is 4. The Bertz CT molecular complexity index is 1510. The van der Waals surface area contributed by atoms with Gasteiger partial charge in [0.15, 0.2) is 5.82 Å². The van der Waals surface area contributed by atoms with E-state index < -0.39 is 5.25 Å². The SMILES string of the molecule is CCCCc1nc2c(N)nc3ccccc3c2n1CCCCNC(=O)CCOCCOCCNC(=O)CCN1C(=O)CC(S)C1=O. The third-order valence-electron chi connectivity index (χ3n) is 7.77. The second kappa shape index (κ2) is 17.8. The number of aromatic nitrogens is 3. The molecule has 0 spiro atoms. The van der Waals surface area contributed by atoms with Crippen molar-refractivity contribution in [1.82, 2.24) is 30.1 Å². The van der Waals surface area contributed by atoms with E-state index in [1.54, 1.807) is 0 Å². The molecule has 1 unspecified atom stereocenters. The van der Waals surface area contributed by atoms with Gasteiger partial charge >= 0.3 is 0 Å². The molecular formula is C32H45N7O6S. The van der Waals surface area contributed by atoms with E-state index in [0.717, 1.165) is 71.3 Å². The molecule has 3 heterocycles. The van der Waals surface area contributed by atoms with Crippen molar-refractivity contribution in [2.24, 2.45) is 0 Å². The number of imide groups is 1. The fourth-order valence-electron chi connectivity index (χ4n) is 5.33. The molecule has 1 aliphatic rings. The van der Waals surface area contributed by atoms with Crippen molar-refractivity contribution < 1.29 is 28.7 Å². The highest BCUT2D eigenvalue weighted by Gasteiger charge is 2.36. The van der Waals surface area contributed by atoms with Crippen molar-refractivity contribution >= 4 is 64.0 Å². The quantitative estimate of drug-likeness (QED) is 0.0811. The van der Waals surface area contributed by atoms with Gasteiger partial charge in [-0.2, -0.15) is 12.6 Å². The van der Waals surface area contributed by atoms with Gasteiger partial charge < -0.3 is 30.4 Å². The van der Waals surface area contributed by atoms with Crippen LogP contribution < -0.4 is 16.4 Å². The number of benzene rings is 1. The van der Waals surface area contributed by atoms with E-state index in [1.165, 1.54) is 0 Å². The monoisotopic (exact) mass is 655 g/mol. The van der Waals surface area contributed by atoms with Gasteiger partial charge in [0.1, 0.15) is 11.3 Å². The number of thiol groups is 1. The molecule has 4 amide bonds. The molecule has 1 aliphatic heterocycles. The highest BCUT2D eigenvalue weighted by atomic mass is 32.1. The van der Waals surface area contributed by atoms with Gasteiger partial charge in [-0.3, -0.25) is 24.1 Å². The fourth-order valence-corrected chi connectivity index (χ4v) is 5.63. The summed E-state index contributed by atoms with van der Waals surface area (Å²) < 4.78 is 13.2. The minimum absolute atomic E-state index is 0.0375. The topological polar surface area (TPSA) is 171 Å². The Kier molecular flexibility index (Phi) is 13.6. The number of pyridine rings is 1. The maximum Gasteiger partial charge on any atom is 0.242 e. The first kappa shape index (κ1) is 35.1.